The molecule has 1 aromatic rings. The number of benzene rings is 1. The first-order valence-corrected chi connectivity index (χ1v) is 6.12. The van der Waals surface area contributed by atoms with Gasteiger partial charge in [-0.2, -0.15) is 0 Å². The summed E-state index contributed by atoms with van der Waals surface area (Å²) in [6.45, 7) is 6.86. The molecule has 0 radical (unpaired) electrons. The van der Waals surface area contributed by atoms with Crippen LogP contribution in [0.2, 0.25) is 0 Å². The molecule has 0 aliphatic heterocycles. The Kier molecular flexibility index (Phi) is 12.5. The largest absolute Gasteiger partial charge is 0.317 e. The average Bonchev–Trinajstić information content (AvgIpc) is 2.32. The van der Waals surface area contributed by atoms with Crippen LogP contribution in [0.15, 0.2) is 36.4 Å². The van der Waals surface area contributed by atoms with E-state index < -0.39 is 0 Å². The van der Waals surface area contributed by atoms with Crippen molar-refractivity contribution in [2.45, 2.75) is 39.5 Å². The molecule has 0 heterocycles. The van der Waals surface area contributed by atoms with Gasteiger partial charge in [-0.1, -0.05) is 63.1 Å². The molecule has 0 aromatic heterocycles. The van der Waals surface area contributed by atoms with Crippen molar-refractivity contribution in [3.63, 3.8) is 0 Å². The molecule has 0 aliphatic carbocycles. The Balaban J connectivity index is 0.000000280. The van der Waals surface area contributed by atoms with E-state index in [4.69, 9.17) is 0 Å². The third-order valence-corrected chi connectivity index (χ3v) is 2.08. The Bertz CT molecular complexity index is 151. The zero-order chi connectivity index (χ0) is 11.2. The second kappa shape index (κ2) is 13.2. The van der Waals surface area contributed by atoms with Gasteiger partial charge < -0.3 is 5.32 Å². The van der Waals surface area contributed by atoms with Crippen LogP contribution >= 0.6 is 0 Å². The number of rotatable bonds is 6. The molecule has 0 aliphatic rings. The van der Waals surface area contributed by atoms with E-state index in [9.17, 15) is 0 Å². The molecule has 1 rings (SSSR count). The number of nitrogens with one attached hydrogen (secondary N) is 1. The molecule has 86 valence electrons. The Hall–Kier alpha value is -0.820. The Morgan fingerprint density at radius 2 is 1.00 bits per heavy atom. The Labute approximate surface area is 94.9 Å². The van der Waals surface area contributed by atoms with Gasteiger partial charge in [0.2, 0.25) is 0 Å². The highest BCUT2D eigenvalue weighted by atomic mass is 14.8. The normalized spacial score (nSPS) is 9.20. The predicted octanol–water partition coefficient (Wildman–Crippen LogP) is 3.86. The third kappa shape index (κ3) is 13.2. The van der Waals surface area contributed by atoms with Crippen molar-refractivity contribution in [3.8, 4) is 0 Å². The second-order valence-electron chi connectivity index (χ2n) is 3.61. The summed E-state index contributed by atoms with van der Waals surface area (Å²) in [7, 11) is 0. The van der Waals surface area contributed by atoms with Crippen LogP contribution in [0, 0.1) is 0 Å². The molecule has 0 spiro atoms. The van der Waals surface area contributed by atoms with Crippen LogP contribution in [0.5, 0.6) is 0 Å². The highest BCUT2D eigenvalue weighted by Crippen LogP contribution is 1.85. The molecule has 15 heavy (non-hydrogen) atoms. The fourth-order valence-electron chi connectivity index (χ4n) is 1.11. The van der Waals surface area contributed by atoms with Crippen molar-refractivity contribution in [3.05, 3.63) is 36.4 Å². The molecular weight excluding hydrogens is 182 g/mol. The summed E-state index contributed by atoms with van der Waals surface area (Å²) in [5, 5.41) is 3.39. The van der Waals surface area contributed by atoms with Crippen LogP contribution in [0.4, 0.5) is 0 Å². The van der Waals surface area contributed by atoms with Crippen LogP contribution in [-0.4, -0.2) is 13.1 Å². The summed E-state index contributed by atoms with van der Waals surface area (Å²) < 4.78 is 0. The molecule has 0 saturated heterocycles. The van der Waals surface area contributed by atoms with Crippen LogP contribution < -0.4 is 5.32 Å². The van der Waals surface area contributed by atoms with Crippen LogP contribution in [0.25, 0.3) is 0 Å². The molecule has 0 amide bonds. The summed E-state index contributed by atoms with van der Waals surface area (Å²) in [5.41, 5.74) is 0. The van der Waals surface area contributed by atoms with Gasteiger partial charge in [-0.3, -0.25) is 0 Å². The summed E-state index contributed by atoms with van der Waals surface area (Å²) >= 11 is 0. The van der Waals surface area contributed by atoms with Crippen molar-refractivity contribution in [1.82, 2.24) is 5.32 Å². The van der Waals surface area contributed by atoms with Gasteiger partial charge in [-0.25, -0.2) is 0 Å². The van der Waals surface area contributed by atoms with Gasteiger partial charge in [0.25, 0.3) is 0 Å². The van der Waals surface area contributed by atoms with Crippen LogP contribution in [-0.2, 0) is 0 Å². The van der Waals surface area contributed by atoms with E-state index in [1.165, 1.54) is 38.8 Å². The second-order valence-corrected chi connectivity index (χ2v) is 3.61. The Morgan fingerprint density at radius 1 is 0.667 bits per heavy atom. The summed E-state index contributed by atoms with van der Waals surface area (Å²) in [6.07, 6.45) is 5.26. The van der Waals surface area contributed by atoms with E-state index in [0.717, 1.165) is 0 Å². The first kappa shape index (κ1) is 14.2. The summed E-state index contributed by atoms with van der Waals surface area (Å²) in [6, 6.07) is 12.0. The van der Waals surface area contributed by atoms with Crippen molar-refractivity contribution in [2.75, 3.05) is 13.1 Å². The SMILES string of the molecule is CCCCNCCCC.c1ccccc1. The van der Waals surface area contributed by atoms with Gasteiger partial charge in [0, 0.05) is 0 Å². The fraction of sp³-hybridized carbons (Fsp3) is 0.571. The standard InChI is InChI=1S/C8H19N.C6H6/c1-3-5-7-9-8-6-4-2;1-2-4-6-5-3-1/h9H,3-8H2,1-2H3;1-6H. The highest BCUT2D eigenvalue weighted by molar-refractivity contribution is 4.99. The maximum Gasteiger partial charge on any atom is -0.00490 e. The molecule has 0 saturated carbocycles. The maximum absolute atomic E-state index is 3.39. The van der Waals surface area contributed by atoms with E-state index >= 15 is 0 Å². The van der Waals surface area contributed by atoms with Gasteiger partial charge >= 0.3 is 0 Å². The molecule has 1 heteroatoms. The topological polar surface area (TPSA) is 12.0 Å². The molecule has 0 atom stereocenters. The first-order valence-electron chi connectivity index (χ1n) is 6.12. The third-order valence-electron chi connectivity index (χ3n) is 2.08. The van der Waals surface area contributed by atoms with Gasteiger partial charge in [0.1, 0.15) is 0 Å². The average molecular weight is 207 g/mol. The predicted molar refractivity (Wildman–Crippen MR) is 69.1 cm³/mol. The molecule has 0 unspecified atom stereocenters. The monoisotopic (exact) mass is 207 g/mol. The molecule has 1 N–H and O–H groups in total. The Morgan fingerprint density at radius 3 is 1.27 bits per heavy atom. The minimum Gasteiger partial charge on any atom is -0.317 e. The number of hydrogen-bond acceptors (Lipinski definition) is 1. The van der Waals surface area contributed by atoms with E-state index in [2.05, 4.69) is 19.2 Å². The first-order chi connectivity index (χ1) is 7.41. The fourth-order valence-corrected chi connectivity index (χ4v) is 1.11. The minimum absolute atomic E-state index is 1.20. The quantitative estimate of drug-likeness (QED) is 0.698. The zero-order valence-electron chi connectivity index (χ0n) is 10.2. The van der Waals surface area contributed by atoms with Crippen molar-refractivity contribution < 1.29 is 0 Å². The smallest absolute Gasteiger partial charge is 0.00490 e. The van der Waals surface area contributed by atoms with Crippen molar-refractivity contribution >= 4 is 0 Å². The number of unbranched alkanes of at least 4 members (excludes halogenated alkanes) is 2. The lowest BCUT2D eigenvalue weighted by atomic mass is 10.3. The number of hydrogen-bond donors (Lipinski definition) is 1. The van der Waals surface area contributed by atoms with Crippen LogP contribution in [0.3, 0.4) is 0 Å². The maximum atomic E-state index is 3.39. The van der Waals surface area contributed by atoms with Crippen LogP contribution in [0.1, 0.15) is 39.5 Å². The van der Waals surface area contributed by atoms with Gasteiger partial charge in [-0.05, 0) is 25.9 Å². The summed E-state index contributed by atoms with van der Waals surface area (Å²) in [5.74, 6) is 0. The van der Waals surface area contributed by atoms with E-state index in [1.54, 1.807) is 0 Å². The lowest BCUT2D eigenvalue weighted by Crippen LogP contribution is -2.15. The summed E-state index contributed by atoms with van der Waals surface area (Å²) in [4.78, 5) is 0. The molecule has 0 fully saturated rings. The van der Waals surface area contributed by atoms with E-state index in [1.807, 2.05) is 36.4 Å². The van der Waals surface area contributed by atoms with E-state index in [0.29, 0.717) is 0 Å². The zero-order valence-corrected chi connectivity index (χ0v) is 10.2. The highest BCUT2D eigenvalue weighted by Gasteiger charge is 1.83. The van der Waals surface area contributed by atoms with Gasteiger partial charge in [0.15, 0.2) is 0 Å². The van der Waals surface area contributed by atoms with Crippen molar-refractivity contribution in [2.24, 2.45) is 0 Å². The van der Waals surface area contributed by atoms with E-state index in [-0.39, 0.29) is 0 Å². The molecule has 0 bridgehead atoms. The lowest BCUT2D eigenvalue weighted by molar-refractivity contribution is 0.611. The molecule has 1 aromatic carbocycles. The molecule has 1 nitrogen and oxygen atoms in total. The van der Waals surface area contributed by atoms with Gasteiger partial charge in [-0.15, -0.1) is 0 Å². The lowest BCUT2D eigenvalue weighted by Gasteiger charge is -1.99. The van der Waals surface area contributed by atoms with Crippen molar-refractivity contribution in [1.29, 1.82) is 0 Å². The van der Waals surface area contributed by atoms with Gasteiger partial charge in [0.05, 0.1) is 0 Å². The molecular formula is C14H25N. The minimum atomic E-state index is 1.20.